The molecule has 8 heteroatoms. The number of furan rings is 1. The topological polar surface area (TPSA) is 105 Å². The summed E-state index contributed by atoms with van der Waals surface area (Å²) in [5, 5.41) is 5.11. The van der Waals surface area contributed by atoms with E-state index in [4.69, 9.17) is 4.42 Å². The van der Waals surface area contributed by atoms with Gasteiger partial charge in [0.2, 0.25) is 5.91 Å². The fraction of sp³-hybridized carbons (Fsp3) is 0.250. The summed E-state index contributed by atoms with van der Waals surface area (Å²) in [5.74, 6) is -0.206. The number of nitrogens with one attached hydrogen (secondary N) is 2. The Balaban J connectivity index is 1.80. The van der Waals surface area contributed by atoms with Crippen LogP contribution in [-0.2, 0) is 26.9 Å². The van der Waals surface area contributed by atoms with Crippen molar-refractivity contribution < 1.29 is 22.4 Å². The van der Waals surface area contributed by atoms with Gasteiger partial charge >= 0.3 is 0 Å². The lowest BCUT2D eigenvalue weighted by atomic mass is 10.1. The first-order valence-corrected chi connectivity index (χ1v) is 9.23. The summed E-state index contributed by atoms with van der Waals surface area (Å²) in [6.07, 6.45) is 2.66. The average Bonchev–Trinajstić information content (AvgIpc) is 3.03. The molecule has 0 aliphatic heterocycles. The van der Waals surface area contributed by atoms with Crippen molar-refractivity contribution in [1.29, 1.82) is 0 Å². The van der Waals surface area contributed by atoms with E-state index in [1.807, 2.05) is 0 Å². The molecule has 0 radical (unpaired) electrons. The molecule has 0 spiro atoms. The minimum absolute atomic E-state index is 0.0793. The fourth-order valence-corrected chi connectivity index (χ4v) is 2.78. The third-order valence-corrected chi connectivity index (χ3v) is 3.95. The summed E-state index contributed by atoms with van der Waals surface area (Å²) in [7, 11) is -3.12. The summed E-state index contributed by atoms with van der Waals surface area (Å²) in [6.45, 7) is 0.0898. The van der Waals surface area contributed by atoms with Crippen LogP contribution in [0.1, 0.15) is 21.7 Å². The van der Waals surface area contributed by atoms with Crippen LogP contribution in [-0.4, -0.2) is 33.0 Å². The second-order valence-corrected chi connectivity index (χ2v) is 7.45. The Labute approximate surface area is 140 Å². The Morgan fingerprint density at radius 2 is 1.79 bits per heavy atom. The standard InChI is InChI=1S/C16H18N2O5S/c1-24(21,22)11-12-4-6-13(7-5-12)16(20)18-10-15(19)17-9-14-3-2-8-23-14/h2-8H,9-11H2,1H3,(H,17,19)(H,18,20). The molecule has 2 N–H and O–H groups in total. The predicted molar refractivity (Wildman–Crippen MR) is 87.9 cm³/mol. The van der Waals surface area contributed by atoms with Crippen LogP contribution in [0.3, 0.4) is 0 Å². The number of rotatable bonds is 7. The minimum Gasteiger partial charge on any atom is -0.467 e. The van der Waals surface area contributed by atoms with Crippen LogP contribution in [0.4, 0.5) is 0 Å². The molecule has 0 saturated heterocycles. The smallest absolute Gasteiger partial charge is 0.251 e. The molecule has 0 aliphatic carbocycles. The second kappa shape index (κ2) is 7.78. The van der Waals surface area contributed by atoms with E-state index in [0.717, 1.165) is 6.26 Å². The largest absolute Gasteiger partial charge is 0.467 e. The zero-order valence-corrected chi connectivity index (χ0v) is 13.9. The number of benzene rings is 1. The van der Waals surface area contributed by atoms with Crippen molar-refractivity contribution in [1.82, 2.24) is 10.6 Å². The van der Waals surface area contributed by atoms with Crippen molar-refractivity contribution >= 4 is 21.7 Å². The van der Waals surface area contributed by atoms with Crippen LogP contribution >= 0.6 is 0 Å². The number of amides is 2. The van der Waals surface area contributed by atoms with Gasteiger partial charge in [-0.25, -0.2) is 8.42 Å². The van der Waals surface area contributed by atoms with Crippen LogP contribution in [0.2, 0.25) is 0 Å². The van der Waals surface area contributed by atoms with E-state index in [1.165, 1.54) is 18.4 Å². The zero-order valence-electron chi connectivity index (χ0n) is 13.1. The molecular weight excluding hydrogens is 332 g/mol. The summed E-state index contributed by atoms with van der Waals surface area (Å²) in [4.78, 5) is 23.6. The van der Waals surface area contributed by atoms with Gasteiger partial charge < -0.3 is 15.1 Å². The lowest BCUT2D eigenvalue weighted by molar-refractivity contribution is -0.120. The minimum atomic E-state index is -3.12. The normalized spacial score (nSPS) is 11.0. The lowest BCUT2D eigenvalue weighted by Gasteiger charge is -2.07. The Hall–Kier alpha value is -2.61. The second-order valence-electron chi connectivity index (χ2n) is 5.31. The molecule has 0 atom stereocenters. The van der Waals surface area contributed by atoms with Gasteiger partial charge in [0.05, 0.1) is 25.1 Å². The first-order valence-electron chi connectivity index (χ1n) is 7.17. The van der Waals surface area contributed by atoms with Gasteiger partial charge in [-0.2, -0.15) is 0 Å². The highest BCUT2D eigenvalue weighted by Gasteiger charge is 2.10. The van der Waals surface area contributed by atoms with Crippen LogP contribution in [0.5, 0.6) is 0 Å². The highest BCUT2D eigenvalue weighted by Crippen LogP contribution is 2.07. The molecule has 0 saturated carbocycles. The molecule has 0 fully saturated rings. The number of sulfone groups is 1. The van der Waals surface area contributed by atoms with Gasteiger partial charge in [-0.05, 0) is 29.8 Å². The Kier molecular flexibility index (Phi) is 5.75. The zero-order chi connectivity index (χ0) is 17.6. The van der Waals surface area contributed by atoms with E-state index < -0.39 is 15.7 Å². The number of carbonyl (C=O) groups excluding carboxylic acids is 2. The van der Waals surface area contributed by atoms with Gasteiger partial charge in [0.15, 0.2) is 9.84 Å². The first kappa shape index (κ1) is 17.7. The quantitative estimate of drug-likeness (QED) is 0.771. The number of hydrogen-bond donors (Lipinski definition) is 2. The van der Waals surface area contributed by atoms with Gasteiger partial charge in [0, 0.05) is 11.8 Å². The summed E-state index contributed by atoms with van der Waals surface area (Å²) >= 11 is 0. The van der Waals surface area contributed by atoms with E-state index in [-0.39, 0.29) is 24.7 Å². The molecule has 1 aromatic carbocycles. The SMILES string of the molecule is CS(=O)(=O)Cc1ccc(C(=O)NCC(=O)NCc2ccco2)cc1. The Bertz CT molecular complexity index is 796. The molecule has 7 nitrogen and oxygen atoms in total. The summed E-state index contributed by atoms with van der Waals surface area (Å²) in [6, 6.07) is 9.65. The molecule has 24 heavy (non-hydrogen) atoms. The summed E-state index contributed by atoms with van der Waals surface area (Å²) < 4.78 is 27.5. The van der Waals surface area contributed by atoms with Crippen molar-refractivity contribution in [2.24, 2.45) is 0 Å². The predicted octanol–water partition coefficient (Wildman–Crippen LogP) is 0.870. The molecule has 2 aromatic rings. The third kappa shape index (κ3) is 5.88. The van der Waals surface area contributed by atoms with Gasteiger partial charge in [-0.3, -0.25) is 9.59 Å². The van der Waals surface area contributed by atoms with Gasteiger partial charge in [-0.15, -0.1) is 0 Å². The van der Waals surface area contributed by atoms with Crippen molar-refractivity contribution in [3.05, 3.63) is 59.5 Å². The van der Waals surface area contributed by atoms with Crippen molar-refractivity contribution in [2.45, 2.75) is 12.3 Å². The van der Waals surface area contributed by atoms with Gasteiger partial charge in [0.25, 0.3) is 5.91 Å². The van der Waals surface area contributed by atoms with Gasteiger partial charge in [-0.1, -0.05) is 12.1 Å². The monoisotopic (exact) mass is 350 g/mol. The number of hydrogen-bond acceptors (Lipinski definition) is 5. The summed E-state index contributed by atoms with van der Waals surface area (Å²) in [5.41, 5.74) is 0.955. The van der Waals surface area contributed by atoms with E-state index in [2.05, 4.69) is 10.6 Å². The molecule has 2 amide bonds. The van der Waals surface area contributed by atoms with E-state index >= 15 is 0 Å². The maximum Gasteiger partial charge on any atom is 0.251 e. The molecule has 128 valence electrons. The van der Waals surface area contributed by atoms with E-state index in [0.29, 0.717) is 16.9 Å². The molecule has 1 heterocycles. The fourth-order valence-electron chi connectivity index (χ4n) is 1.98. The van der Waals surface area contributed by atoms with Crippen molar-refractivity contribution in [2.75, 3.05) is 12.8 Å². The molecule has 0 unspecified atom stereocenters. The Morgan fingerprint density at radius 3 is 2.38 bits per heavy atom. The molecular formula is C16H18N2O5S. The average molecular weight is 350 g/mol. The van der Waals surface area contributed by atoms with Crippen LogP contribution in [0.15, 0.2) is 47.1 Å². The van der Waals surface area contributed by atoms with Crippen LogP contribution in [0.25, 0.3) is 0 Å². The van der Waals surface area contributed by atoms with Crippen LogP contribution < -0.4 is 10.6 Å². The van der Waals surface area contributed by atoms with Crippen LogP contribution in [0, 0.1) is 0 Å². The van der Waals surface area contributed by atoms with Gasteiger partial charge in [0.1, 0.15) is 5.76 Å². The third-order valence-electron chi connectivity index (χ3n) is 3.09. The molecule has 1 aromatic heterocycles. The van der Waals surface area contributed by atoms with Crippen molar-refractivity contribution in [3.8, 4) is 0 Å². The highest BCUT2D eigenvalue weighted by molar-refractivity contribution is 7.89. The lowest BCUT2D eigenvalue weighted by Crippen LogP contribution is -2.36. The van der Waals surface area contributed by atoms with E-state index in [9.17, 15) is 18.0 Å². The Morgan fingerprint density at radius 1 is 1.08 bits per heavy atom. The molecule has 0 aliphatic rings. The van der Waals surface area contributed by atoms with E-state index in [1.54, 1.807) is 24.3 Å². The van der Waals surface area contributed by atoms with Crippen molar-refractivity contribution in [3.63, 3.8) is 0 Å². The molecule has 2 rings (SSSR count). The molecule has 0 bridgehead atoms. The maximum absolute atomic E-state index is 12.0. The highest BCUT2D eigenvalue weighted by atomic mass is 32.2. The maximum atomic E-state index is 12.0. The first-order chi connectivity index (χ1) is 11.3. The number of carbonyl (C=O) groups is 2.